The fraction of sp³-hybridized carbons (Fsp3) is 0.925. The monoisotopic (exact) mass is 752 g/mol. The Hall–Kier alpha value is -1.23. The molecule has 2 saturated heterocycles. The zero-order chi connectivity index (χ0) is 38.8. The normalized spacial score (nSPS) is 54.7. The summed E-state index contributed by atoms with van der Waals surface area (Å²) in [4.78, 5) is 14.5. The Balaban J connectivity index is 1.18. The number of hydrogen-bond acceptors (Lipinski definition) is 13. The van der Waals surface area contributed by atoms with Crippen LogP contribution in [-0.2, 0) is 23.7 Å². The maximum absolute atomic E-state index is 14.5. The zero-order valence-corrected chi connectivity index (χ0v) is 32.4. The van der Waals surface area contributed by atoms with Crippen molar-refractivity contribution in [1.82, 2.24) is 0 Å². The van der Waals surface area contributed by atoms with E-state index in [1.165, 1.54) is 0 Å². The minimum Gasteiger partial charge on any atom is -0.432 e. The molecular weight excluding hydrogens is 688 g/mol. The summed E-state index contributed by atoms with van der Waals surface area (Å²) in [5, 5.41) is 84.3. The molecule has 0 unspecified atom stereocenters. The van der Waals surface area contributed by atoms with Gasteiger partial charge in [-0.2, -0.15) is 0 Å². The van der Waals surface area contributed by atoms with E-state index in [2.05, 4.69) is 40.7 Å². The van der Waals surface area contributed by atoms with Gasteiger partial charge in [0.1, 0.15) is 36.6 Å². The Kier molecular flexibility index (Phi) is 9.93. The first kappa shape index (κ1) is 40.0. The van der Waals surface area contributed by atoms with Crippen LogP contribution in [0.1, 0.15) is 106 Å². The predicted molar refractivity (Wildman–Crippen MR) is 188 cm³/mol. The van der Waals surface area contributed by atoms with Gasteiger partial charge in [-0.1, -0.05) is 60.1 Å². The lowest BCUT2D eigenvalue weighted by Crippen LogP contribution is -2.67. The van der Waals surface area contributed by atoms with E-state index in [0.29, 0.717) is 31.6 Å². The van der Waals surface area contributed by atoms with Gasteiger partial charge in [0.05, 0.1) is 24.2 Å². The van der Waals surface area contributed by atoms with E-state index in [9.17, 15) is 45.6 Å². The minimum atomic E-state index is -1.85. The lowest BCUT2D eigenvalue weighted by Gasteiger charge is -2.71. The molecule has 8 N–H and O–H groups in total. The van der Waals surface area contributed by atoms with Crippen LogP contribution in [-0.4, -0.2) is 121 Å². The van der Waals surface area contributed by atoms with Gasteiger partial charge in [0, 0.05) is 5.92 Å². The van der Waals surface area contributed by atoms with Gasteiger partial charge >= 0.3 is 5.97 Å². The number of hydrogen-bond donors (Lipinski definition) is 8. The van der Waals surface area contributed by atoms with Crippen molar-refractivity contribution >= 4 is 5.97 Å². The van der Waals surface area contributed by atoms with Crippen molar-refractivity contribution in [2.24, 2.45) is 50.2 Å². The Morgan fingerprint density at radius 3 is 2.09 bits per heavy atom. The van der Waals surface area contributed by atoms with Crippen LogP contribution in [0.25, 0.3) is 0 Å². The molecule has 7 aliphatic rings. The summed E-state index contributed by atoms with van der Waals surface area (Å²) in [5.74, 6) is -0.621. The highest BCUT2D eigenvalue weighted by atomic mass is 16.8. The molecule has 4 saturated carbocycles. The van der Waals surface area contributed by atoms with Crippen molar-refractivity contribution in [3.05, 3.63) is 11.6 Å². The quantitative estimate of drug-likeness (QED) is 0.117. The number of carbonyl (C=O) groups is 1. The number of fused-ring (bicyclic) bond motifs is 7. The van der Waals surface area contributed by atoms with Crippen LogP contribution in [0.15, 0.2) is 11.6 Å². The first-order chi connectivity index (χ1) is 24.6. The molecule has 0 amide bonds. The molecule has 18 atom stereocenters. The van der Waals surface area contributed by atoms with E-state index in [1.54, 1.807) is 0 Å². The molecule has 0 bridgehead atoms. The van der Waals surface area contributed by atoms with Gasteiger partial charge < -0.3 is 59.8 Å². The highest BCUT2D eigenvalue weighted by Gasteiger charge is 2.71. The van der Waals surface area contributed by atoms with Crippen LogP contribution < -0.4 is 0 Å². The zero-order valence-electron chi connectivity index (χ0n) is 32.4. The third kappa shape index (κ3) is 5.68. The van der Waals surface area contributed by atoms with Crippen molar-refractivity contribution in [1.29, 1.82) is 0 Å². The van der Waals surface area contributed by atoms with E-state index < -0.39 is 84.3 Å². The van der Waals surface area contributed by atoms with Crippen LogP contribution in [0.5, 0.6) is 0 Å². The molecule has 2 heterocycles. The summed E-state index contributed by atoms with van der Waals surface area (Å²) < 4.78 is 23.2. The van der Waals surface area contributed by atoms with Crippen molar-refractivity contribution in [3.63, 3.8) is 0 Å². The Morgan fingerprint density at radius 1 is 0.736 bits per heavy atom. The summed E-state index contributed by atoms with van der Waals surface area (Å²) in [6, 6.07) is 0. The molecule has 13 heteroatoms. The average molecular weight is 753 g/mol. The third-order valence-corrected chi connectivity index (χ3v) is 16.7. The van der Waals surface area contributed by atoms with Gasteiger partial charge in [0.15, 0.2) is 12.6 Å². The Morgan fingerprint density at radius 2 is 1.40 bits per heavy atom. The number of esters is 1. The maximum atomic E-state index is 14.5. The SMILES string of the molecule is CC1(C)CC[C@]2(C(=O)O[C@@H]3O[C@H](O)[C@@H](O)[C@H](O)[C@H]3O)CC[C@]3(C)C(=CC[C@@H]4[C@@]5(C)CC[C@H](O[C@@H]6OC[C@H](O)[C@@H](O)[C@H]6O)C(C)(C)[C@@H]5CC[C@]43C)[C@@H]2[C@@H]1O. The van der Waals surface area contributed by atoms with Crippen molar-refractivity contribution in [2.75, 3.05) is 6.61 Å². The van der Waals surface area contributed by atoms with Crippen LogP contribution in [0.4, 0.5) is 0 Å². The average Bonchev–Trinajstić information content (AvgIpc) is 3.09. The second-order valence-corrected chi connectivity index (χ2v) is 19.9. The van der Waals surface area contributed by atoms with Crippen LogP contribution in [0, 0.1) is 50.2 Å². The first-order valence-electron chi connectivity index (χ1n) is 19.9. The minimum absolute atomic E-state index is 0.0677. The smallest absolute Gasteiger partial charge is 0.315 e. The second kappa shape index (κ2) is 13.2. The third-order valence-electron chi connectivity index (χ3n) is 16.7. The topological polar surface area (TPSA) is 216 Å². The standard InChI is InChI=1S/C40H64O13/c1-35(2)14-16-40(34(49)53-33-29(46)26(43)27(44)31(48)52-33)17-15-38(6)19(24(40)30(35)47)8-9-22-37(5)12-11-23(36(3,4)21(37)10-13-39(22,38)7)51-32-28(45)25(42)20(41)18-50-32/h8,20-33,41-48H,9-18H2,1-7H3/t20-,21-,22+,23-,24+,25+,26-,27-,28+,29+,30-,31-,32-,33-,37-,38+,39+,40-/m0/s1. The number of aliphatic hydroxyl groups excluding tert-OH is 8. The molecular formula is C40H64O13. The molecule has 0 aromatic carbocycles. The molecule has 2 aliphatic heterocycles. The molecule has 7 rings (SSSR count). The maximum Gasteiger partial charge on any atom is 0.315 e. The van der Waals surface area contributed by atoms with E-state index in [0.717, 1.165) is 37.7 Å². The summed E-state index contributed by atoms with van der Waals surface area (Å²) >= 11 is 0. The molecule has 6 fully saturated rings. The largest absolute Gasteiger partial charge is 0.432 e. The van der Waals surface area contributed by atoms with Crippen molar-refractivity contribution in [3.8, 4) is 0 Å². The fourth-order valence-corrected chi connectivity index (χ4v) is 13.0. The summed E-state index contributed by atoms with van der Waals surface area (Å²) in [5.41, 5.74) is -1.39. The highest BCUT2D eigenvalue weighted by molar-refractivity contribution is 5.79. The van der Waals surface area contributed by atoms with Gasteiger partial charge in [-0.3, -0.25) is 4.79 Å². The molecule has 53 heavy (non-hydrogen) atoms. The van der Waals surface area contributed by atoms with Crippen molar-refractivity contribution in [2.45, 2.75) is 174 Å². The van der Waals surface area contributed by atoms with Gasteiger partial charge in [0.25, 0.3) is 0 Å². The lowest BCUT2D eigenvalue weighted by molar-refractivity contribution is -0.335. The molecule has 5 aliphatic carbocycles. The van der Waals surface area contributed by atoms with Crippen LogP contribution in [0.2, 0.25) is 0 Å². The van der Waals surface area contributed by atoms with E-state index in [4.69, 9.17) is 18.9 Å². The Bertz CT molecular complexity index is 1450. The first-order valence-corrected chi connectivity index (χ1v) is 19.9. The Labute approximate surface area is 312 Å². The van der Waals surface area contributed by atoms with Crippen LogP contribution >= 0.6 is 0 Å². The number of allylic oxidation sites excluding steroid dienone is 1. The number of carbonyl (C=O) groups excluding carboxylic acids is 1. The van der Waals surface area contributed by atoms with E-state index in [-0.39, 0.29) is 40.3 Å². The molecule has 0 spiro atoms. The van der Waals surface area contributed by atoms with Crippen LogP contribution in [0.3, 0.4) is 0 Å². The second-order valence-electron chi connectivity index (χ2n) is 19.9. The number of ether oxygens (including phenoxy) is 4. The fourth-order valence-electron chi connectivity index (χ4n) is 13.0. The van der Waals surface area contributed by atoms with Crippen molar-refractivity contribution < 1.29 is 64.6 Å². The number of rotatable bonds is 4. The predicted octanol–water partition coefficient (Wildman–Crippen LogP) is 1.88. The molecule has 0 radical (unpaired) electrons. The van der Waals surface area contributed by atoms with E-state index >= 15 is 0 Å². The highest BCUT2D eigenvalue weighted by Crippen LogP contribution is 2.76. The molecule has 302 valence electrons. The van der Waals surface area contributed by atoms with E-state index in [1.807, 2.05) is 13.8 Å². The molecule has 13 nitrogen and oxygen atoms in total. The van der Waals surface area contributed by atoms with Gasteiger partial charge in [-0.25, -0.2) is 0 Å². The lowest BCUT2D eigenvalue weighted by atomic mass is 9.33. The summed E-state index contributed by atoms with van der Waals surface area (Å²) in [7, 11) is 0. The number of aliphatic hydroxyl groups is 8. The summed E-state index contributed by atoms with van der Waals surface area (Å²) in [6.45, 7) is 15.6. The molecule has 0 aromatic heterocycles. The van der Waals surface area contributed by atoms with Gasteiger partial charge in [0.2, 0.25) is 6.29 Å². The summed E-state index contributed by atoms with van der Waals surface area (Å²) in [6.07, 6.45) is -6.04. The van der Waals surface area contributed by atoms with Gasteiger partial charge in [-0.15, -0.1) is 0 Å². The van der Waals surface area contributed by atoms with Gasteiger partial charge in [-0.05, 0) is 96.7 Å². The molecule has 0 aromatic rings.